The number of primary amides is 1. The van der Waals surface area contributed by atoms with E-state index < -0.39 is 11.2 Å². The molecule has 0 radical (unpaired) electrons. The zero-order valence-corrected chi connectivity index (χ0v) is 15.7. The molecule has 1 aromatic carbocycles. The Kier molecular flexibility index (Phi) is 6.36. The minimum Gasteiger partial charge on any atom is -0.366 e. The van der Waals surface area contributed by atoms with Gasteiger partial charge in [0.05, 0.1) is 10.8 Å². The molecular weight excluding hydrogens is 348 g/mol. The highest BCUT2D eigenvalue weighted by molar-refractivity contribution is 8.00. The van der Waals surface area contributed by atoms with E-state index in [0.717, 1.165) is 11.3 Å². The fraction of sp³-hybridized carbons (Fsp3) is 0.263. The Morgan fingerprint density at radius 2 is 1.96 bits per heavy atom. The van der Waals surface area contributed by atoms with Crippen LogP contribution in [0.1, 0.15) is 40.5 Å². The molecule has 0 fully saturated rings. The van der Waals surface area contributed by atoms with Gasteiger partial charge in [-0.2, -0.15) is 5.26 Å². The number of nitriles is 1. The number of hydrogen-bond acceptors (Lipinski definition) is 5. The maximum absolute atomic E-state index is 12.6. The molecule has 0 aliphatic carbocycles. The molecule has 26 heavy (non-hydrogen) atoms. The summed E-state index contributed by atoms with van der Waals surface area (Å²) in [4.78, 5) is 28.1. The van der Waals surface area contributed by atoms with Crippen molar-refractivity contribution in [2.75, 3.05) is 5.32 Å². The Morgan fingerprint density at radius 3 is 2.50 bits per heavy atom. The van der Waals surface area contributed by atoms with Gasteiger partial charge >= 0.3 is 0 Å². The number of aryl methyl sites for hydroxylation is 2. The second-order valence-corrected chi connectivity index (χ2v) is 7.01. The minimum absolute atomic E-state index is 0.186. The predicted molar refractivity (Wildman–Crippen MR) is 102 cm³/mol. The zero-order valence-electron chi connectivity index (χ0n) is 14.9. The molecule has 2 rings (SSSR count). The Bertz CT molecular complexity index is 872. The SMILES string of the molecule is CCC(Sc1nc(C)cc(C)c1C#N)C(=O)Nc1ccc(C(N)=O)cc1. The van der Waals surface area contributed by atoms with Crippen molar-refractivity contribution in [3.63, 3.8) is 0 Å². The van der Waals surface area contributed by atoms with E-state index in [-0.39, 0.29) is 5.91 Å². The third-order valence-corrected chi connectivity index (χ3v) is 5.13. The monoisotopic (exact) mass is 368 g/mol. The summed E-state index contributed by atoms with van der Waals surface area (Å²) < 4.78 is 0. The van der Waals surface area contributed by atoms with Crippen LogP contribution in [0.5, 0.6) is 0 Å². The van der Waals surface area contributed by atoms with Crippen molar-refractivity contribution >= 4 is 29.3 Å². The number of benzene rings is 1. The van der Waals surface area contributed by atoms with Crippen molar-refractivity contribution in [2.45, 2.75) is 37.5 Å². The summed E-state index contributed by atoms with van der Waals surface area (Å²) in [7, 11) is 0. The molecule has 134 valence electrons. The number of hydrogen-bond donors (Lipinski definition) is 2. The van der Waals surface area contributed by atoms with Crippen LogP contribution < -0.4 is 11.1 Å². The van der Waals surface area contributed by atoms with Crippen LogP contribution in [0.3, 0.4) is 0 Å². The van der Waals surface area contributed by atoms with Crippen molar-refractivity contribution in [3.8, 4) is 6.07 Å². The second kappa shape index (κ2) is 8.50. The molecule has 2 aromatic rings. The van der Waals surface area contributed by atoms with Crippen LogP contribution in [0.4, 0.5) is 5.69 Å². The van der Waals surface area contributed by atoms with Crippen LogP contribution in [0, 0.1) is 25.2 Å². The summed E-state index contributed by atoms with van der Waals surface area (Å²) in [6, 6.07) is 10.4. The van der Waals surface area contributed by atoms with E-state index in [1.807, 2.05) is 26.8 Å². The number of nitrogens with one attached hydrogen (secondary N) is 1. The van der Waals surface area contributed by atoms with Gasteiger partial charge in [-0.05, 0) is 56.2 Å². The van der Waals surface area contributed by atoms with E-state index in [1.165, 1.54) is 11.8 Å². The van der Waals surface area contributed by atoms with Crippen LogP contribution in [0.15, 0.2) is 35.4 Å². The van der Waals surface area contributed by atoms with Crippen LogP contribution in [0.25, 0.3) is 0 Å². The molecule has 1 heterocycles. The predicted octanol–water partition coefficient (Wildman–Crippen LogP) is 3.18. The van der Waals surface area contributed by atoms with Gasteiger partial charge in [0.25, 0.3) is 0 Å². The van der Waals surface area contributed by atoms with E-state index in [1.54, 1.807) is 24.3 Å². The minimum atomic E-state index is -0.519. The lowest BCUT2D eigenvalue weighted by atomic mass is 10.1. The summed E-state index contributed by atoms with van der Waals surface area (Å²) in [5, 5.41) is 12.4. The van der Waals surface area contributed by atoms with Gasteiger partial charge in [0, 0.05) is 16.9 Å². The van der Waals surface area contributed by atoms with E-state index in [0.29, 0.717) is 28.3 Å². The average Bonchev–Trinajstić information content (AvgIpc) is 2.59. The number of thioether (sulfide) groups is 1. The highest BCUT2D eigenvalue weighted by atomic mass is 32.2. The number of nitrogens with zero attached hydrogens (tertiary/aromatic N) is 2. The molecule has 0 saturated heterocycles. The number of rotatable bonds is 6. The van der Waals surface area contributed by atoms with E-state index in [2.05, 4.69) is 16.4 Å². The number of nitrogens with two attached hydrogens (primary N) is 1. The maximum Gasteiger partial charge on any atom is 0.248 e. The molecule has 0 saturated carbocycles. The molecule has 3 N–H and O–H groups in total. The molecule has 1 unspecified atom stereocenters. The fourth-order valence-electron chi connectivity index (χ4n) is 2.42. The highest BCUT2D eigenvalue weighted by Crippen LogP contribution is 2.29. The van der Waals surface area contributed by atoms with Crippen molar-refractivity contribution < 1.29 is 9.59 Å². The number of anilines is 1. The Morgan fingerprint density at radius 1 is 1.31 bits per heavy atom. The van der Waals surface area contributed by atoms with Gasteiger partial charge in [-0.3, -0.25) is 9.59 Å². The Balaban J connectivity index is 2.17. The van der Waals surface area contributed by atoms with E-state index in [4.69, 9.17) is 5.73 Å². The van der Waals surface area contributed by atoms with Gasteiger partial charge in [0.15, 0.2) is 0 Å². The van der Waals surface area contributed by atoms with Crippen LogP contribution in [-0.4, -0.2) is 22.0 Å². The van der Waals surface area contributed by atoms with E-state index in [9.17, 15) is 14.9 Å². The number of carbonyl (C=O) groups is 2. The smallest absolute Gasteiger partial charge is 0.248 e. The third-order valence-electron chi connectivity index (χ3n) is 3.78. The average molecular weight is 368 g/mol. The molecule has 0 bridgehead atoms. The van der Waals surface area contributed by atoms with Crippen LogP contribution in [0.2, 0.25) is 0 Å². The zero-order chi connectivity index (χ0) is 19.3. The van der Waals surface area contributed by atoms with Crippen molar-refractivity contribution in [1.29, 1.82) is 5.26 Å². The fourth-order valence-corrected chi connectivity index (χ4v) is 3.54. The number of carbonyl (C=O) groups excluding carboxylic acids is 2. The topological polar surface area (TPSA) is 109 Å². The van der Waals surface area contributed by atoms with Crippen molar-refractivity contribution in [2.24, 2.45) is 5.73 Å². The number of aromatic nitrogens is 1. The summed E-state index contributed by atoms with van der Waals surface area (Å²) >= 11 is 1.28. The first-order chi connectivity index (χ1) is 12.3. The van der Waals surface area contributed by atoms with Gasteiger partial charge in [-0.1, -0.05) is 18.7 Å². The molecule has 1 aromatic heterocycles. The van der Waals surface area contributed by atoms with E-state index >= 15 is 0 Å². The van der Waals surface area contributed by atoms with Gasteiger partial charge < -0.3 is 11.1 Å². The largest absolute Gasteiger partial charge is 0.366 e. The van der Waals surface area contributed by atoms with Gasteiger partial charge in [-0.25, -0.2) is 4.98 Å². The quantitative estimate of drug-likeness (QED) is 0.761. The van der Waals surface area contributed by atoms with Gasteiger partial charge in [-0.15, -0.1) is 0 Å². The standard InChI is InChI=1S/C19H20N4O2S/c1-4-16(26-19-15(10-20)11(2)9-12(3)22-19)18(25)23-14-7-5-13(6-8-14)17(21)24/h5-9,16H,4H2,1-3H3,(H2,21,24)(H,23,25). The lowest BCUT2D eigenvalue weighted by Crippen LogP contribution is -2.25. The maximum atomic E-state index is 12.6. The normalized spacial score (nSPS) is 11.5. The van der Waals surface area contributed by atoms with Crippen LogP contribution >= 0.6 is 11.8 Å². The van der Waals surface area contributed by atoms with Crippen LogP contribution in [-0.2, 0) is 4.79 Å². The molecule has 0 spiro atoms. The lowest BCUT2D eigenvalue weighted by molar-refractivity contribution is -0.115. The molecule has 6 nitrogen and oxygen atoms in total. The summed E-state index contributed by atoms with van der Waals surface area (Å²) in [6.45, 7) is 5.63. The van der Waals surface area contributed by atoms with Gasteiger partial charge in [0.2, 0.25) is 11.8 Å². The number of amides is 2. The van der Waals surface area contributed by atoms with Crippen molar-refractivity contribution in [3.05, 3.63) is 52.7 Å². The Hall–Kier alpha value is -2.85. The molecule has 1 atom stereocenters. The Labute approximate surface area is 156 Å². The lowest BCUT2D eigenvalue weighted by Gasteiger charge is -2.16. The number of pyridine rings is 1. The first-order valence-corrected chi connectivity index (χ1v) is 8.99. The molecule has 7 heteroatoms. The summed E-state index contributed by atoms with van der Waals surface area (Å²) in [6.07, 6.45) is 0.579. The second-order valence-electron chi connectivity index (χ2n) is 5.82. The molecular formula is C19H20N4O2S. The third kappa shape index (κ3) is 4.61. The first kappa shape index (κ1) is 19.5. The van der Waals surface area contributed by atoms with Crippen molar-refractivity contribution in [1.82, 2.24) is 4.98 Å². The first-order valence-electron chi connectivity index (χ1n) is 8.11. The highest BCUT2D eigenvalue weighted by Gasteiger charge is 2.21. The van der Waals surface area contributed by atoms with Gasteiger partial charge in [0.1, 0.15) is 11.1 Å². The molecule has 0 aliphatic heterocycles. The molecule has 0 aliphatic rings. The summed E-state index contributed by atoms with van der Waals surface area (Å²) in [5.41, 5.74) is 8.32. The summed E-state index contributed by atoms with van der Waals surface area (Å²) in [5.74, 6) is -0.705. The molecule has 2 amide bonds.